The van der Waals surface area contributed by atoms with Crippen molar-refractivity contribution in [2.24, 2.45) is 0 Å². The van der Waals surface area contributed by atoms with Crippen molar-refractivity contribution in [1.29, 1.82) is 0 Å². The van der Waals surface area contributed by atoms with Crippen molar-refractivity contribution < 1.29 is 0 Å². The first-order chi connectivity index (χ1) is 10.1. The highest BCUT2D eigenvalue weighted by Crippen LogP contribution is 2.18. The molecule has 1 aromatic carbocycles. The lowest BCUT2D eigenvalue weighted by Gasteiger charge is -2.10. The standard InChI is InChI=1S/C15H17Br2N3O/c1-2-3-8-20-15(21)14(17)13(10-19-20)18-9-11-4-6-12(16)7-5-11/h4-7,10,18H,2-3,8-9H2,1H3. The molecule has 0 bridgehead atoms. The van der Waals surface area contributed by atoms with Crippen LogP contribution in [0.1, 0.15) is 25.3 Å². The van der Waals surface area contributed by atoms with Gasteiger partial charge in [0.2, 0.25) is 0 Å². The average Bonchev–Trinajstić information content (AvgIpc) is 2.49. The summed E-state index contributed by atoms with van der Waals surface area (Å²) in [7, 11) is 0. The van der Waals surface area contributed by atoms with E-state index in [0.717, 1.165) is 28.6 Å². The minimum Gasteiger partial charge on any atom is -0.379 e. The second-order valence-electron chi connectivity index (χ2n) is 4.73. The molecule has 2 rings (SSSR count). The maximum Gasteiger partial charge on any atom is 0.283 e. The number of halogens is 2. The summed E-state index contributed by atoms with van der Waals surface area (Å²) in [6.07, 6.45) is 3.68. The molecular formula is C15H17Br2N3O. The quantitative estimate of drug-likeness (QED) is 0.771. The van der Waals surface area contributed by atoms with Gasteiger partial charge in [-0.3, -0.25) is 4.79 Å². The summed E-state index contributed by atoms with van der Waals surface area (Å²) in [4.78, 5) is 12.2. The topological polar surface area (TPSA) is 46.9 Å². The summed E-state index contributed by atoms with van der Waals surface area (Å²) in [5, 5.41) is 7.44. The first-order valence-electron chi connectivity index (χ1n) is 6.85. The van der Waals surface area contributed by atoms with Crippen molar-refractivity contribution in [1.82, 2.24) is 9.78 Å². The van der Waals surface area contributed by atoms with E-state index in [4.69, 9.17) is 0 Å². The molecule has 0 atom stereocenters. The minimum atomic E-state index is -0.0933. The van der Waals surface area contributed by atoms with Crippen molar-refractivity contribution in [3.05, 3.63) is 55.3 Å². The van der Waals surface area contributed by atoms with Crippen LogP contribution in [0.25, 0.3) is 0 Å². The highest BCUT2D eigenvalue weighted by molar-refractivity contribution is 9.10. The Labute approximate surface area is 140 Å². The summed E-state index contributed by atoms with van der Waals surface area (Å²) in [6.45, 7) is 3.39. The van der Waals surface area contributed by atoms with Gasteiger partial charge in [-0.1, -0.05) is 41.4 Å². The van der Waals surface area contributed by atoms with Crippen LogP contribution in [-0.4, -0.2) is 9.78 Å². The van der Waals surface area contributed by atoms with Crippen LogP contribution in [0.15, 0.2) is 44.2 Å². The van der Waals surface area contributed by atoms with Gasteiger partial charge in [-0.15, -0.1) is 0 Å². The van der Waals surface area contributed by atoms with Gasteiger partial charge in [0.15, 0.2) is 0 Å². The summed E-state index contributed by atoms with van der Waals surface area (Å²) in [5.74, 6) is 0. The SMILES string of the molecule is CCCCn1ncc(NCc2ccc(Br)cc2)c(Br)c1=O. The Morgan fingerprint density at radius 3 is 2.62 bits per heavy atom. The summed E-state index contributed by atoms with van der Waals surface area (Å²) in [6, 6.07) is 8.04. The lowest BCUT2D eigenvalue weighted by atomic mass is 10.2. The Bertz CT molecular complexity index is 653. The van der Waals surface area contributed by atoms with Crippen LogP contribution in [-0.2, 0) is 13.1 Å². The molecule has 0 aliphatic carbocycles. The Balaban J connectivity index is 2.08. The molecule has 0 aliphatic heterocycles. The second kappa shape index (κ2) is 7.75. The summed E-state index contributed by atoms with van der Waals surface area (Å²) in [5.41, 5.74) is 1.76. The number of aromatic nitrogens is 2. The third-order valence-corrected chi connectivity index (χ3v) is 4.40. The predicted octanol–water partition coefficient (Wildman–Crippen LogP) is 4.18. The van der Waals surface area contributed by atoms with E-state index in [0.29, 0.717) is 17.6 Å². The number of nitrogens with one attached hydrogen (secondary N) is 1. The van der Waals surface area contributed by atoms with E-state index in [-0.39, 0.29) is 5.56 Å². The van der Waals surface area contributed by atoms with Crippen LogP contribution in [0.3, 0.4) is 0 Å². The van der Waals surface area contributed by atoms with Gasteiger partial charge < -0.3 is 5.32 Å². The highest BCUT2D eigenvalue weighted by Gasteiger charge is 2.08. The Morgan fingerprint density at radius 1 is 1.24 bits per heavy atom. The van der Waals surface area contributed by atoms with Gasteiger partial charge in [0, 0.05) is 17.6 Å². The number of nitrogens with zero attached hydrogens (tertiary/aromatic N) is 2. The van der Waals surface area contributed by atoms with E-state index in [1.807, 2.05) is 24.3 Å². The predicted molar refractivity (Wildman–Crippen MR) is 92.6 cm³/mol. The summed E-state index contributed by atoms with van der Waals surface area (Å²) >= 11 is 6.77. The van der Waals surface area contributed by atoms with Gasteiger partial charge in [-0.25, -0.2) is 4.68 Å². The number of hydrogen-bond donors (Lipinski definition) is 1. The van der Waals surface area contributed by atoms with Crippen LogP contribution in [0, 0.1) is 0 Å². The lowest BCUT2D eigenvalue weighted by Crippen LogP contribution is -2.24. The number of rotatable bonds is 6. The molecule has 6 heteroatoms. The van der Waals surface area contributed by atoms with Gasteiger partial charge in [0.1, 0.15) is 4.47 Å². The van der Waals surface area contributed by atoms with Crippen molar-refractivity contribution in [3.63, 3.8) is 0 Å². The monoisotopic (exact) mass is 413 g/mol. The highest BCUT2D eigenvalue weighted by atomic mass is 79.9. The molecule has 0 saturated heterocycles. The molecule has 21 heavy (non-hydrogen) atoms. The zero-order valence-electron chi connectivity index (χ0n) is 11.8. The molecule has 0 spiro atoms. The van der Waals surface area contributed by atoms with E-state index < -0.39 is 0 Å². The fourth-order valence-corrected chi connectivity index (χ4v) is 2.57. The minimum absolute atomic E-state index is 0.0933. The van der Waals surface area contributed by atoms with Crippen LogP contribution < -0.4 is 10.9 Å². The average molecular weight is 415 g/mol. The maximum absolute atomic E-state index is 12.2. The molecule has 4 nitrogen and oxygen atoms in total. The molecular weight excluding hydrogens is 398 g/mol. The Hall–Kier alpha value is -1.14. The first-order valence-corrected chi connectivity index (χ1v) is 8.44. The van der Waals surface area contributed by atoms with Gasteiger partial charge in [-0.2, -0.15) is 5.10 Å². The van der Waals surface area contributed by atoms with Crippen molar-refractivity contribution in [2.75, 3.05) is 5.32 Å². The molecule has 0 saturated carbocycles. The third kappa shape index (κ3) is 4.41. The Kier molecular flexibility index (Phi) is 5.99. The second-order valence-corrected chi connectivity index (χ2v) is 6.44. The van der Waals surface area contributed by atoms with Crippen molar-refractivity contribution in [2.45, 2.75) is 32.9 Å². The Morgan fingerprint density at radius 2 is 1.95 bits per heavy atom. The maximum atomic E-state index is 12.2. The molecule has 0 aliphatic rings. The zero-order chi connectivity index (χ0) is 15.2. The van der Waals surface area contributed by atoms with Gasteiger partial charge in [-0.05, 0) is 40.0 Å². The molecule has 0 radical (unpaired) electrons. The van der Waals surface area contributed by atoms with Crippen LogP contribution in [0.2, 0.25) is 0 Å². The smallest absolute Gasteiger partial charge is 0.283 e. The molecule has 0 fully saturated rings. The normalized spacial score (nSPS) is 10.6. The number of anilines is 1. The zero-order valence-corrected chi connectivity index (χ0v) is 14.9. The van der Waals surface area contributed by atoms with E-state index in [9.17, 15) is 4.79 Å². The van der Waals surface area contributed by atoms with E-state index in [1.54, 1.807) is 6.20 Å². The largest absolute Gasteiger partial charge is 0.379 e. The molecule has 2 aromatic rings. The number of aryl methyl sites for hydroxylation is 1. The van der Waals surface area contributed by atoms with Crippen LogP contribution in [0.5, 0.6) is 0 Å². The first kappa shape index (κ1) is 16.2. The molecule has 1 heterocycles. The van der Waals surface area contributed by atoms with Crippen molar-refractivity contribution >= 4 is 37.5 Å². The molecule has 0 unspecified atom stereocenters. The van der Waals surface area contributed by atoms with Gasteiger partial charge >= 0.3 is 0 Å². The third-order valence-electron chi connectivity index (χ3n) is 3.10. The number of unbranched alkanes of at least 4 members (excludes halogenated alkanes) is 1. The molecule has 0 amide bonds. The van der Waals surface area contributed by atoms with Gasteiger partial charge in [0.05, 0.1) is 11.9 Å². The summed E-state index contributed by atoms with van der Waals surface area (Å²) < 4.78 is 3.08. The fourth-order valence-electron chi connectivity index (χ4n) is 1.86. The van der Waals surface area contributed by atoms with Crippen molar-refractivity contribution in [3.8, 4) is 0 Å². The van der Waals surface area contributed by atoms with Crippen LogP contribution >= 0.6 is 31.9 Å². The lowest BCUT2D eigenvalue weighted by molar-refractivity contribution is 0.541. The fraction of sp³-hybridized carbons (Fsp3) is 0.333. The van der Waals surface area contributed by atoms with Gasteiger partial charge in [0.25, 0.3) is 5.56 Å². The van der Waals surface area contributed by atoms with Crippen LogP contribution in [0.4, 0.5) is 5.69 Å². The van der Waals surface area contributed by atoms with E-state index >= 15 is 0 Å². The van der Waals surface area contributed by atoms with E-state index in [2.05, 4.69) is 49.2 Å². The van der Waals surface area contributed by atoms with E-state index in [1.165, 1.54) is 4.68 Å². The molecule has 1 aromatic heterocycles. The molecule has 112 valence electrons. The number of hydrogen-bond acceptors (Lipinski definition) is 3. The number of benzene rings is 1. The molecule has 1 N–H and O–H groups in total.